The molecule has 0 saturated carbocycles. The van der Waals surface area contributed by atoms with E-state index in [1.165, 1.54) is 4.31 Å². The predicted octanol–water partition coefficient (Wildman–Crippen LogP) is 0.964. The van der Waals surface area contributed by atoms with Crippen LogP contribution < -0.4 is 4.72 Å². The maximum atomic E-state index is 11.8. The van der Waals surface area contributed by atoms with Crippen molar-refractivity contribution in [2.24, 2.45) is 5.92 Å². The van der Waals surface area contributed by atoms with Gasteiger partial charge in [-0.1, -0.05) is 22.9 Å². The van der Waals surface area contributed by atoms with Crippen molar-refractivity contribution in [1.82, 2.24) is 9.03 Å². The first-order chi connectivity index (χ1) is 8.06. The van der Waals surface area contributed by atoms with Crippen molar-refractivity contribution in [3.05, 3.63) is 0 Å². The number of ether oxygens (including phenoxy) is 1. The molecule has 5 nitrogen and oxygen atoms in total. The molecule has 1 rings (SSSR count). The average molecular weight is 329 g/mol. The zero-order valence-corrected chi connectivity index (χ0v) is 12.6. The number of nitrogens with one attached hydrogen (secondary N) is 1. The van der Waals surface area contributed by atoms with Gasteiger partial charge in [0.1, 0.15) is 0 Å². The molecule has 1 heterocycles. The summed E-state index contributed by atoms with van der Waals surface area (Å²) >= 11 is 3.41. The highest BCUT2D eigenvalue weighted by Crippen LogP contribution is 2.08. The highest BCUT2D eigenvalue weighted by Gasteiger charge is 2.23. The van der Waals surface area contributed by atoms with Crippen LogP contribution in [0.2, 0.25) is 0 Å². The van der Waals surface area contributed by atoms with Crippen molar-refractivity contribution in [2.45, 2.75) is 19.8 Å². The fourth-order valence-corrected chi connectivity index (χ4v) is 3.15. The van der Waals surface area contributed by atoms with E-state index in [1.807, 2.05) is 0 Å². The van der Waals surface area contributed by atoms with Gasteiger partial charge in [-0.3, -0.25) is 0 Å². The van der Waals surface area contributed by atoms with Crippen LogP contribution >= 0.6 is 15.9 Å². The molecule has 1 N–H and O–H groups in total. The summed E-state index contributed by atoms with van der Waals surface area (Å²) in [7, 11) is -3.30. The van der Waals surface area contributed by atoms with Crippen LogP contribution in [0.1, 0.15) is 19.8 Å². The zero-order valence-electron chi connectivity index (χ0n) is 10.2. The van der Waals surface area contributed by atoms with E-state index in [4.69, 9.17) is 4.74 Å². The fraction of sp³-hybridized carbons (Fsp3) is 1.00. The van der Waals surface area contributed by atoms with Crippen molar-refractivity contribution < 1.29 is 13.2 Å². The molecule has 0 radical (unpaired) electrons. The number of hydrogen-bond donors (Lipinski definition) is 1. The van der Waals surface area contributed by atoms with Crippen molar-refractivity contribution in [3.63, 3.8) is 0 Å². The number of morpholine rings is 1. The summed E-state index contributed by atoms with van der Waals surface area (Å²) in [6.45, 7) is 4.53. The van der Waals surface area contributed by atoms with Crippen molar-refractivity contribution in [3.8, 4) is 0 Å². The van der Waals surface area contributed by atoms with Crippen LogP contribution in [0.4, 0.5) is 0 Å². The van der Waals surface area contributed by atoms with E-state index in [9.17, 15) is 8.42 Å². The molecule has 7 heteroatoms. The molecule has 1 fully saturated rings. The predicted molar refractivity (Wildman–Crippen MR) is 71.5 cm³/mol. The molecule has 1 atom stereocenters. The molecule has 0 bridgehead atoms. The van der Waals surface area contributed by atoms with Crippen LogP contribution in [0, 0.1) is 5.92 Å². The van der Waals surface area contributed by atoms with Crippen LogP contribution in [-0.2, 0) is 14.9 Å². The monoisotopic (exact) mass is 328 g/mol. The molecule has 17 heavy (non-hydrogen) atoms. The third-order valence-electron chi connectivity index (χ3n) is 2.73. The van der Waals surface area contributed by atoms with Gasteiger partial charge in [0.15, 0.2) is 0 Å². The van der Waals surface area contributed by atoms with Crippen LogP contribution in [0.15, 0.2) is 0 Å². The Morgan fingerprint density at radius 3 is 2.65 bits per heavy atom. The first kappa shape index (κ1) is 15.4. The number of nitrogens with zero attached hydrogens (tertiary/aromatic N) is 1. The molecule has 1 aliphatic heterocycles. The molecule has 102 valence electrons. The SMILES string of the molecule is CC(CBr)CCCNS(=O)(=O)N1CCOCC1. The van der Waals surface area contributed by atoms with Gasteiger partial charge in [-0.05, 0) is 18.8 Å². The summed E-state index contributed by atoms with van der Waals surface area (Å²) in [5, 5.41) is 0.962. The number of alkyl halides is 1. The normalized spacial score (nSPS) is 20.4. The van der Waals surface area contributed by atoms with Gasteiger partial charge in [0.2, 0.25) is 0 Å². The van der Waals surface area contributed by atoms with E-state index in [-0.39, 0.29) is 0 Å². The minimum absolute atomic E-state index is 0.452. The molecule has 0 aromatic carbocycles. The van der Waals surface area contributed by atoms with E-state index >= 15 is 0 Å². The number of rotatable bonds is 7. The van der Waals surface area contributed by atoms with Crippen molar-refractivity contribution in [1.29, 1.82) is 0 Å². The summed E-state index contributed by atoms with van der Waals surface area (Å²) in [6.07, 6.45) is 1.90. The van der Waals surface area contributed by atoms with Gasteiger partial charge in [-0.2, -0.15) is 12.7 Å². The molecule has 0 aromatic rings. The Hall–Kier alpha value is 0.310. The molecule has 1 unspecified atom stereocenters. The van der Waals surface area contributed by atoms with Gasteiger partial charge in [0.05, 0.1) is 13.2 Å². The van der Waals surface area contributed by atoms with E-state index in [0.717, 1.165) is 18.2 Å². The lowest BCUT2D eigenvalue weighted by atomic mass is 10.1. The smallest absolute Gasteiger partial charge is 0.279 e. The van der Waals surface area contributed by atoms with Crippen molar-refractivity contribution in [2.75, 3.05) is 38.2 Å². The van der Waals surface area contributed by atoms with E-state index < -0.39 is 10.2 Å². The summed E-state index contributed by atoms with van der Waals surface area (Å²) in [6, 6.07) is 0. The largest absolute Gasteiger partial charge is 0.379 e. The van der Waals surface area contributed by atoms with E-state index in [1.54, 1.807) is 0 Å². The first-order valence-electron chi connectivity index (χ1n) is 5.94. The van der Waals surface area contributed by atoms with Gasteiger partial charge < -0.3 is 4.74 Å². The summed E-state index contributed by atoms with van der Waals surface area (Å²) in [5.41, 5.74) is 0. The van der Waals surface area contributed by atoms with Crippen molar-refractivity contribution >= 4 is 26.1 Å². The van der Waals surface area contributed by atoms with Gasteiger partial charge in [-0.25, -0.2) is 4.72 Å². The molecule has 1 aliphatic rings. The topological polar surface area (TPSA) is 58.6 Å². The molecule has 0 amide bonds. The lowest BCUT2D eigenvalue weighted by Crippen LogP contribution is -2.46. The number of hydrogen-bond acceptors (Lipinski definition) is 3. The second-order valence-corrected chi connectivity index (χ2v) is 6.72. The molecular weight excluding hydrogens is 308 g/mol. The maximum absolute atomic E-state index is 11.8. The Bertz CT molecular complexity index is 305. The zero-order chi connectivity index (χ0) is 12.7. The van der Waals surface area contributed by atoms with Gasteiger partial charge >= 0.3 is 0 Å². The summed E-state index contributed by atoms with van der Waals surface area (Å²) in [4.78, 5) is 0. The Labute approximate surface area is 112 Å². The maximum Gasteiger partial charge on any atom is 0.279 e. The minimum atomic E-state index is -3.30. The lowest BCUT2D eigenvalue weighted by Gasteiger charge is -2.26. The first-order valence-corrected chi connectivity index (χ1v) is 8.51. The van der Waals surface area contributed by atoms with Crippen LogP contribution in [0.5, 0.6) is 0 Å². The molecule has 1 saturated heterocycles. The minimum Gasteiger partial charge on any atom is -0.379 e. The average Bonchev–Trinajstić information content (AvgIpc) is 2.35. The van der Waals surface area contributed by atoms with Crippen LogP contribution in [0.3, 0.4) is 0 Å². The molecule has 0 spiro atoms. The second-order valence-electron chi connectivity index (χ2n) is 4.31. The third kappa shape index (κ3) is 5.65. The molecule has 0 aliphatic carbocycles. The van der Waals surface area contributed by atoms with E-state index in [2.05, 4.69) is 27.6 Å². The van der Waals surface area contributed by atoms with E-state index in [0.29, 0.717) is 38.8 Å². The molecule has 0 aromatic heterocycles. The van der Waals surface area contributed by atoms with Gasteiger partial charge in [0.25, 0.3) is 10.2 Å². The third-order valence-corrected chi connectivity index (χ3v) is 5.45. The van der Waals surface area contributed by atoms with Crippen LogP contribution in [-0.4, -0.2) is 50.9 Å². The Balaban J connectivity index is 2.24. The quantitative estimate of drug-likeness (QED) is 0.559. The standard InChI is InChI=1S/C10H21BrN2O3S/c1-10(9-11)3-2-4-12-17(14,15)13-5-7-16-8-6-13/h10,12H,2-9H2,1H3. The summed E-state index contributed by atoms with van der Waals surface area (Å²) in [5.74, 6) is 0.586. The highest BCUT2D eigenvalue weighted by atomic mass is 79.9. The molecular formula is C10H21BrN2O3S. The Morgan fingerprint density at radius 1 is 1.41 bits per heavy atom. The highest BCUT2D eigenvalue weighted by molar-refractivity contribution is 9.09. The van der Waals surface area contributed by atoms with Gasteiger partial charge in [-0.15, -0.1) is 0 Å². The Morgan fingerprint density at radius 2 is 2.06 bits per heavy atom. The van der Waals surface area contributed by atoms with Crippen LogP contribution in [0.25, 0.3) is 0 Å². The summed E-state index contributed by atoms with van der Waals surface area (Å²) < 4.78 is 32.9. The van der Waals surface area contributed by atoms with Gasteiger partial charge in [0, 0.05) is 25.0 Å². The lowest BCUT2D eigenvalue weighted by molar-refractivity contribution is 0.0725. The number of halogens is 1. The Kier molecular flexibility index (Phi) is 6.94. The fourth-order valence-electron chi connectivity index (χ4n) is 1.61. The second kappa shape index (κ2) is 7.68.